The Labute approximate surface area is 166 Å². The van der Waals surface area contributed by atoms with Crippen molar-refractivity contribution in [2.75, 3.05) is 0 Å². The number of aromatic nitrogens is 4. The van der Waals surface area contributed by atoms with Crippen molar-refractivity contribution in [3.05, 3.63) is 59.0 Å². The van der Waals surface area contributed by atoms with E-state index in [4.69, 9.17) is 30.5 Å². The molecule has 1 unspecified atom stereocenters. The Kier molecular flexibility index (Phi) is 4.33. The third-order valence-corrected chi connectivity index (χ3v) is 4.98. The zero-order chi connectivity index (χ0) is 19.3. The number of benzene rings is 1. The lowest BCUT2D eigenvalue weighted by atomic mass is 10.1. The number of hydrogen-bond donors (Lipinski definition) is 0. The third-order valence-electron chi connectivity index (χ3n) is 4.78. The Morgan fingerprint density at radius 2 is 1.86 bits per heavy atom. The number of fused-ring (bicyclic) bond motifs is 2. The Morgan fingerprint density at radius 3 is 2.68 bits per heavy atom. The molecule has 146 valence electrons. The van der Waals surface area contributed by atoms with Gasteiger partial charge in [-0.25, -0.2) is 0 Å². The first-order valence-corrected chi connectivity index (χ1v) is 9.42. The highest BCUT2D eigenvalue weighted by molar-refractivity contribution is 6.29. The molecule has 2 aromatic heterocycles. The molecule has 4 atom stereocenters. The van der Waals surface area contributed by atoms with E-state index in [-0.39, 0.29) is 0 Å². The molecule has 0 saturated carbocycles. The van der Waals surface area contributed by atoms with E-state index in [9.17, 15) is 0 Å². The molecule has 2 fully saturated rings. The molecule has 8 nitrogen and oxygen atoms in total. The molecule has 28 heavy (non-hydrogen) atoms. The predicted molar refractivity (Wildman–Crippen MR) is 98.5 cm³/mol. The maximum absolute atomic E-state index is 6.16. The van der Waals surface area contributed by atoms with Crippen LogP contribution >= 0.6 is 11.6 Å². The summed E-state index contributed by atoms with van der Waals surface area (Å²) in [7, 11) is 0. The second kappa shape index (κ2) is 6.75. The summed E-state index contributed by atoms with van der Waals surface area (Å²) in [5.41, 5.74) is 1.62. The lowest BCUT2D eigenvalue weighted by Crippen LogP contribution is -2.31. The summed E-state index contributed by atoms with van der Waals surface area (Å²) in [6.07, 6.45) is -1.95. The van der Waals surface area contributed by atoms with Crippen LogP contribution in [0.4, 0.5) is 0 Å². The minimum Gasteiger partial charge on any atom is -0.345 e. The maximum Gasteiger partial charge on any atom is 0.187 e. The van der Waals surface area contributed by atoms with Crippen molar-refractivity contribution < 1.29 is 18.9 Å². The Morgan fingerprint density at radius 1 is 1.07 bits per heavy atom. The van der Waals surface area contributed by atoms with E-state index in [2.05, 4.69) is 15.3 Å². The van der Waals surface area contributed by atoms with E-state index >= 15 is 0 Å². The first-order valence-electron chi connectivity index (χ1n) is 9.05. The minimum atomic E-state index is -0.753. The van der Waals surface area contributed by atoms with E-state index in [1.54, 1.807) is 16.6 Å². The van der Waals surface area contributed by atoms with Gasteiger partial charge in [0.25, 0.3) is 0 Å². The van der Waals surface area contributed by atoms with Gasteiger partial charge in [-0.15, -0.1) is 10.2 Å². The van der Waals surface area contributed by atoms with E-state index in [0.717, 1.165) is 5.56 Å². The second-order valence-corrected chi connectivity index (χ2v) is 7.66. The van der Waals surface area contributed by atoms with E-state index in [1.165, 1.54) is 0 Å². The van der Waals surface area contributed by atoms with Gasteiger partial charge in [0.05, 0.1) is 6.61 Å². The molecular weight excluding hydrogens is 384 g/mol. The van der Waals surface area contributed by atoms with Crippen LogP contribution in [-0.2, 0) is 25.6 Å². The molecule has 0 bridgehead atoms. The van der Waals surface area contributed by atoms with Crippen LogP contribution in [0.3, 0.4) is 0 Å². The lowest BCUT2D eigenvalue weighted by Gasteiger charge is -2.23. The minimum absolute atomic E-state index is 0.337. The van der Waals surface area contributed by atoms with Gasteiger partial charge in [-0.2, -0.15) is 9.61 Å². The fourth-order valence-corrected chi connectivity index (χ4v) is 3.75. The summed E-state index contributed by atoms with van der Waals surface area (Å²) in [6.45, 7) is 4.14. The summed E-state index contributed by atoms with van der Waals surface area (Å²) >= 11 is 6.05. The van der Waals surface area contributed by atoms with Gasteiger partial charge in [-0.3, -0.25) is 0 Å². The number of halogens is 1. The maximum atomic E-state index is 6.16. The highest BCUT2D eigenvalue weighted by Gasteiger charge is 2.57. The van der Waals surface area contributed by atoms with Crippen molar-refractivity contribution in [2.24, 2.45) is 0 Å². The second-order valence-electron chi connectivity index (χ2n) is 7.27. The van der Waals surface area contributed by atoms with Crippen molar-refractivity contribution in [2.45, 2.75) is 50.8 Å². The standard InChI is InChI=1S/C19H19ClN4O4/c1-19(2)27-14-15(17-22-21-13-9-8-12(20)23-24(13)17)26-18(16(14)28-19)25-10-11-6-4-3-5-7-11/h3-9,14-16,18H,10H2,1-2H3/t14?,15-,16+,18+/m0/s1. The summed E-state index contributed by atoms with van der Waals surface area (Å²) in [5, 5.41) is 13.0. The molecule has 0 N–H and O–H groups in total. The summed E-state index contributed by atoms with van der Waals surface area (Å²) in [5.74, 6) is -0.253. The summed E-state index contributed by atoms with van der Waals surface area (Å²) in [6, 6.07) is 13.3. The van der Waals surface area contributed by atoms with Crippen LogP contribution in [0.5, 0.6) is 0 Å². The molecule has 0 radical (unpaired) electrons. The van der Waals surface area contributed by atoms with Crippen molar-refractivity contribution in [3.63, 3.8) is 0 Å². The molecular formula is C19H19ClN4O4. The molecule has 0 spiro atoms. The average molecular weight is 403 g/mol. The fourth-order valence-electron chi connectivity index (χ4n) is 3.62. The summed E-state index contributed by atoms with van der Waals surface area (Å²) < 4.78 is 25.9. The quantitative estimate of drug-likeness (QED) is 0.663. The van der Waals surface area contributed by atoms with Gasteiger partial charge in [0.1, 0.15) is 17.4 Å². The van der Waals surface area contributed by atoms with Gasteiger partial charge in [-0.05, 0) is 31.5 Å². The van der Waals surface area contributed by atoms with Gasteiger partial charge >= 0.3 is 0 Å². The smallest absolute Gasteiger partial charge is 0.187 e. The Balaban J connectivity index is 1.44. The Bertz CT molecular complexity index is 996. The molecule has 2 aliphatic rings. The molecule has 0 amide bonds. The van der Waals surface area contributed by atoms with Gasteiger partial charge in [0.2, 0.25) is 0 Å². The van der Waals surface area contributed by atoms with Gasteiger partial charge in [0.15, 0.2) is 29.7 Å². The topological polar surface area (TPSA) is 80.0 Å². The van der Waals surface area contributed by atoms with Crippen molar-refractivity contribution in [1.29, 1.82) is 0 Å². The molecule has 1 aromatic carbocycles. The van der Waals surface area contributed by atoms with Crippen LogP contribution in [0.25, 0.3) is 5.65 Å². The van der Waals surface area contributed by atoms with Gasteiger partial charge in [0, 0.05) is 0 Å². The average Bonchev–Trinajstić information content (AvgIpc) is 3.31. The molecule has 2 aliphatic heterocycles. The van der Waals surface area contributed by atoms with Crippen molar-refractivity contribution in [1.82, 2.24) is 19.8 Å². The number of rotatable bonds is 4. The number of hydrogen-bond acceptors (Lipinski definition) is 7. The molecule has 2 saturated heterocycles. The van der Waals surface area contributed by atoms with Crippen LogP contribution in [0.15, 0.2) is 42.5 Å². The molecule has 4 heterocycles. The van der Waals surface area contributed by atoms with Crippen LogP contribution < -0.4 is 0 Å². The lowest BCUT2D eigenvalue weighted by molar-refractivity contribution is -0.238. The van der Waals surface area contributed by atoms with Crippen molar-refractivity contribution in [3.8, 4) is 0 Å². The van der Waals surface area contributed by atoms with Crippen LogP contribution in [-0.4, -0.2) is 44.1 Å². The van der Waals surface area contributed by atoms with Crippen molar-refractivity contribution >= 4 is 17.2 Å². The zero-order valence-electron chi connectivity index (χ0n) is 15.4. The highest BCUT2D eigenvalue weighted by atomic mass is 35.5. The predicted octanol–water partition coefficient (Wildman–Crippen LogP) is 2.91. The third kappa shape index (κ3) is 3.17. The van der Waals surface area contributed by atoms with Crippen LogP contribution in [0, 0.1) is 0 Å². The van der Waals surface area contributed by atoms with E-state index < -0.39 is 30.4 Å². The highest BCUT2D eigenvalue weighted by Crippen LogP contribution is 2.45. The van der Waals surface area contributed by atoms with Gasteiger partial charge in [-0.1, -0.05) is 41.9 Å². The largest absolute Gasteiger partial charge is 0.345 e. The first kappa shape index (κ1) is 18.0. The SMILES string of the molecule is CC1(C)OC2[C@@H](c3nnc4ccc(Cl)nn34)O[C@@H](OCc3ccccc3)[C@@H]2O1. The van der Waals surface area contributed by atoms with Gasteiger partial charge < -0.3 is 18.9 Å². The molecule has 5 rings (SSSR count). The molecule has 0 aliphatic carbocycles. The van der Waals surface area contributed by atoms with Crippen LogP contribution in [0.2, 0.25) is 5.15 Å². The first-order chi connectivity index (χ1) is 13.5. The van der Waals surface area contributed by atoms with Crippen LogP contribution in [0.1, 0.15) is 31.3 Å². The summed E-state index contributed by atoms with van der Waals surface area (Å²) in [4.78, 5) is 0. The Hall–Kier alpha value is -2.10. The fraction of sp³-hybridized carbons (Fsp3) is 0.421. The number of nitrogens with zero attached hydrogens (tertiary/aromatic N) is 4. The monoisotopic (exact) mass is 402 g/mol. The molecule has 3 aromatic rings. The normalized spacial score (nSPS) is 28.7. The molecule has 9 heteroatoms. The van der Waals surface area contributed by atoms with E-state index in [0.29, 0.717) is 23.2 Å². The van der Waals surface area contributed by atoms with E-state index in [1.807, 2.05) is 44.2 Å². The zero-order valence-corrected chi connectivity index (χ0v) is 16.1. The number of ether oxygens (including phenoxy) is 4.